The van der Waals surface area contributed by atoms with Gasteiger partial charge < -0.3 is 5.11 Å². The van der Waals surface area contributed by atoms with E-state index < -0.39 is 6.10 Å². The predicted molar refractivity (Wildman–Crippen MR) is 131 cm³/mol. The van der Waals surface area contributed by atoms with Crippen molar-refractivity contribution in [2.24, 2.45) is 5.10 Å². The molecule has 4 aromatic rings. The number of benzene rings is 3. The number of halogens is 1. The number of aromatic nitrogens is 3. The molecule has 9 heteroatoms. The van der Waals surface area contributed by atoms with Gasteiger partial charge in [-0.2, -0.15) is 5.10 Å². The summed E-state index contributed by atoms with van der Waals surface area (Å²) in [5.74, 6) is 0.0733. The molecule has 0 spiro atoms. The predicted octanol–water partition coefficient (Wildman–Crippen LogP) is 5.11. The van der Waals surface area contributed by atoms with Gasteiger partial charge in [-0.15, -0.1) is 10.2 Å². The number of nitrogens with one attached hydrogen (secondary N) is 1. The Labute approximate surface area is 200 Å². The molecule has 166 valence electrons. The third kappa shape index (κ3) is 5.31. The maximum absolute atomic E-state index is 12.3. The molecule has 33 heavy (non-hydrogen) atoms. The van der Waals surface area contributed by atoms with E-state index in [1.807, 2.05) is 66.7 Å². The molecule has 0 aliphatic rings. The summed E-state index contributed by atoms with van der Waals surface area (Å²) in [5.41, 5.74) is 4.84. The highest BCUT2D eigenvalue weighted by atomic mass is 35.5. The highest BCUT2D eigenvalue weighted by Gasteiger charge is 2.24. The molecule has 0 saturated heterocycles. The molecule has 3 aromatic carbocycles. The SMILES string of the molecule is CC(=O)/C(=N/Nc1ccccc1Cl)Sc1nnc(C(O)c2ccccc2)n1-c1ccccc1. The van der Waals surface area contributed by atoms with Gasteiger partial charge in [-0.1, -0.05) is 72.3 Å². The maximum Gasteiger partial charge on any atom is 0.202 e. The van der Waals surface area contributed by atoms with Gasteiger partial charge in [-0.05, 0) is 41.6 Å². The minimum absolute atomic E-state index is 0.167. The number of hydrogen-bond acceptors (Lipinski definition) is 7. The van der Waals surface area contributed by atoms with E-state index in [4.69, 9.17) is 11.6 Å². The number of carbonyl (C=O) groups is 1. The molecule has 0 amide bonds. The number of ketones is 1. The average Bonchev–Trinajstić information content (AvgIpc) is 3.26. The number of hydrogen-bond donors (Lipinski definition) is 2. The topological polar surface area (TPSA) is 92.4 Å². The lowest BCUT2D eigenvalue weighted by Crippen LogP contribution is -2.12. The van der Waals surface area contributed by atoms with E-state index in [0.29, 0.717) is 27.3 Å². The molecule has 1 aromatic heterocycles. The van der Waals surface area contributed by atoms with Gasteiger partial charge in [0.05, 0.1) is 10.7 Å². The van der Waals surface area contributed by atoms with Gasteiger partial charge in [0.15, 0.2) is 16.7 Å². The Morgan fingerprint density at radius 3 is 2.30 bits per heavy atom. The Morgan fingerprint density at radius 1 is 1.00 bits per heavy atom. The van der Waals surface area contributed by atoms with Crippen LogP contribution in [-0.2, 0) is 4.79 Å². The Morgan fingerprint density at radius 2 is 1.64 bits per heavy atom. The van der Waals surface area contributed by atoms with Gasteiger partial charge in [-0.3, -0.25) is 14.8 Å². The molecular weight excluding hydrogens is 458 g/mol. The monoisotopic (exact) mass is 477 g/mol. The summed E-state index contributed by atoms with van der Waals surface area (Å²) < 4.78 is 1.72. The Hall–Kier alpha value is -3.46. The van der Waals surface area contributed by atoms with Crippen LogP contribution in [0.1, 0.15) is 24.4 Å². The number of aliphatic hydroxyl groups excluding tert-OH is 1. The number of carbonyl (C=O) groups excluding carboxylic acids is 1. The molecule has 0 aliphatic heterocycles. The van der Waals surface area contributed by atoms with E-state index in [2.05, 4.69) is 20.7 Å². The van der Waals surface area contributed by atoms with Crippen LogP contribution < -0.4 is 5.43 Å². The third-order valence-corrected chi connectivity index (χ3v) is 6.02. The summed E-state index contributed by atoms with van der Waals surface area (Å²) in [5, 5.41) is 24.8. The number of hydrazone groups is 1. The molecule has 0 fully saturated rings. The molecular formula is C24H20ClN5O2S. The number of aliphatic hydroxyl groups is 1. The van der Waals surface area contributed by atoms with Crippen LogP contribution in [0, 0.1) is 0 Å². The molecule has 2 N–H and O–H groups in total. The Kier molecular flexibility index (Phi) is 7.19. The van der Waals surface area contributed by atoms with Crippen molar-refractivity contribution < 1.29 is 9.90 Å². The lowest BCUT2D eigenvalue weighted by molar-refractivity contribution is -0.110. The van der Waals surface area contributed by atoms with Crippen LogP contribution in [0.15, 0.2) is 95.2 Å². The van der Waals surface area contributed by atoms with E-state index in [0.717, 1.165) is 17.4 Å². The number of rotatable bonds is 7. The quantitative estimate of drug-likeness (QED) is 0.166. The lowest BCUT2D eigenvalue weighted by atomic mass is 10.1. The van der Waals surface area contributed by atoms with Crippen molar-refractivity contribution >= 4 is 39.9 Å². The first kappa shape index (κ1) is 22.7. The smallest absolute Gasteiger partial charge is 0.202 e. The summed E-state index contributed by atoms with van der Waals surface area (Å²) >= 11 is 7.22. The van der Waals surface area contributed by atoms with Gasteiger partial charge in [-0.25, -0.2) is 0 Å². The van der Waals surface area contributed by atoms with Crippen molar-refractivity contribution in [2.45, 2.75) is 18.2 Å². The van der Waals surface area contributed by atoms with Crippen LogP contribution in [0.25, 0.3) is 5.69 Å². The first-order valence-electron chi connectivity index (χ1n) is 10.1. The average molecular weight is 478 g/mol. The zero-order valence-electron chi connectivity index (χ0n) is 17.6. The van der Waals surface area contributed by atoms with Crippen LogP contribution in [0.3, 0.4) is 0 Å². The van der Waals surface area contributed by atoms with Crippen LogP contribution in [-0.4, -0.2) is 30.7 Å². The first-order valence-corrected chi connectivity index (χ1v) is 11.2. The molecule has 0 saturated carbocycles. The molecule has 0 aliphatic carbocycles. The van der Waals surface area contributed by atoms with Gasteiger partial charge in [0.25, 0.3) is 0 Å². The van der Waals surface area contributed by atoms with E-state index in [1.165, 1.54) is 6.92 Å². The molecule has 7 nitrogen and oxygen atoms in total. The van der Waals surface area contributed by atoms with E-state index >= 15 is 0 Å². The first-order chi connectivity index (χ1) is 16.0. The largest absolute Gasteiger partial charge is 0.380 e. The minimum Gasteiger partial charge on any atom is -0.380 e. The Bertz CT molecular complexity index is 1280. The molecule has 4 rings (SSSR count). The summed E-state index contributed by atoms with van der Waals surface area (Å²) in [6.07, 6.45) is -1.01. The van der Waals surface area contributed by atoms with Gasteiger partial charge >= 0.3 is 0 Å². The van der Waals surface area contributed by atoms with Crippen molar-refractivity contribution in [3.8, 4) is 5.69 Å². The zero-order valence-corrected chi connectivity index (χ0v) is 19.2. The summed E-state index contributed by atoms with van der Waals surface area (Å²) in [4.78, 5) is 12.3. The van der Waals surface area contributed by atoms with Gasteiger partial charge in [0, 0.05) is 12.6 Å². The highest BCUT2D eigenvalue weighted by molar-refractivity contribution is 8.15. The fourth-order valence-electron chi connectivity index (χ4n) is 3.05. The van der Waals surface area contributed by atoms with Crippen molar-refractivity contribution in [1.82, 2.24) is 14.8 Å². The lowest BCUT2D eigenvalue weighted by Gasteiger charge is -2.14. The van der Waals surface area contributed by atoms with Crippen molar-refractivity contribution in [1.29, 1.82) is 0 Å². The molecule has 0 radical (unpaired) electrons. The van der Waals surface area contributed by atoms with E-state index in [1.54, 1.807) is 22.8 Å². The molecule has 1 heterocycles. The third-order valence-electron chi connectivity index (χ3n) is 4.67. The Balaban J connectivity index is 1.72. The molecule has 0 bridgehead atoms. The minimum atomic E-state index is -1.01. The number of Topliss-reactive ketones (excluding diaryl/α,β-unsaturated/α-hetero) is 1. The van der Waals surface area contributed by atoms with Crippen LogP contribution in [0.5, 0.6) is 0 Å². The number of anilines is 1. The van der Waals surface area contributed by atoms with Gasteiger partial charge in [0.1, 0.15) is 6.10 Å². The normalized spacial score (nSPS) is 12.4. The molecule has 1 atom stereocenters. The maximum atomic E-state index is 12.3. The summed E-state index contributed by atoms with van der Waals surface area (Å²) in [6, 6.07) is 25.7. The second-order valence-electron chi connectivity index (χ2n) is 6.99. The van der Waals surface area contributed by atoms with E-state index in [9.17, 15) is 9.90 Å². The highest BCUT2D eigenvalue weighted by Crippen LogP contribution is 2.29. The second-order valence-corrected chi connectivity index (χ2v) is 8.35. The van der Waals surface area contributed by atoms with Crippen molar-refractivity contribution in [2.75, 3.05) is 5.43 Å². The van der Waals surface area contributed by atoms with Crippen molar-refractivity contribution in [3.05, 3.63) is 101 Å². The van der Waals surface area contributed by atoms with Crippen LogP contribution >= 0.6 is 23.4 Å². The number of thioether (sulfide) groups is 1. The second kappa shape index (κ2) is 10.4. The standard InChI is InChI=1S/C24H20ClN5O2S/c1-16(31)23(28-26-20-15-9-8-14-19(20)25)33-24-29-27-22(21(32)17-10-4-2-5-11-17)30(24)18-12-6-3-7-13-18/h2-15,21,26,32H,1H3/b28-23-. The fourth-order valence-corrected chi connectivity index (χ4v) is 4.01. The van der Waals surface area contributed by atoms with E-state index in [-0.39, 0.29) is 10.8 Å². The number of para-hydroxylation sites is 2. The summed E-state index contributed by atoms with van der Waals surface area (Å²) in [6.45, 7) is 1.42. The summed E-state index contributed by atoms with van der Waals surface area (Å²) in [7, 11) is 0. The number of nitrogens with zero attached hydrogens (tertiary/aromatic N) is 4. The van der Waals surface area contributed by atoms with Crippen LogP contribution in [0.4, 0.5) is 5.69 Å². The van der Waals surface area contributed by atoms with Crippen molar-refractivity contribution in [3.63, 3.8) is 0 Å². The van der Waals surface area contributed by atoms with Gasteiger partial charge in [0.2, 0.25) is 5.16 Å². The zero-order chi connectivity index (χ0) is 23.2. The fraction of sp³-hybridized carbons (Fsp3) is 0.0833. The molecule has 1 unspecified atom stereocenters. The van der Waals surface area contributed by atoms with Crippen LogP contribution in [0.2, 0.25) is 5.02 Å².